The molecule has 146 valence electrons. The second-order valence-electron chi connectivity index (χ2n) is 6.50. The average molecular weight is 400 g/mol. The number of likely N-dealkylation sites (tertiary alicyclic amines) is 1. The van der Waals surface area contributed by atoms with Crippen LogP contribution in [0, 0.1) is 0 Å². The highest BCUT2D eigenvalue weighted by Gasteiger charge is 2.34. The number of nitrogens with one attached hydrogen (secondary N) is 1. The van der Waals surface area contributed by atoms with Crippen LogP contribution in [0.25, 0.3) is 11.4 Å². The van der Waals surface area contributed by atoms with E-state index in [2.05, 4.69) is 15.5 Å². The number of hydrogen-bond donors (Lipinski definition) is 2. The van der Waals surface area contributed by atoms with Gasteiger partial charge in [0.05, 0.1) is 0 Å². The van der Waals surface area contributed by atoms with Gasteiger partial charge in [-0.15, -0.1) is 12.4 Å². The van der Waals surface area contributed by atoms with Crippen LogP contribution < -0.4 is 11.1 Å². The number of halogens is 1. The lowest BCUT2D eigenvalue weighted by Gasteiger charge is -2.22. The summed E-state index contributed by atoms with van der Waals surface area (Å²) in [6.07, 6.45) is 1.70. The van der Waals surface area contributed by atoms with E-state index in [-0.39, 0.29) is 24.5 Å². The molecule has 1 atom stereocenters. The Balaban J connectivity index is 0.00000225. The molecular formula is C20H22ClN5O2. The third-order valence-corrected chi connectivity index (χ3v) is 4.71. The fourth-order valence-corrected chi connectivity index (χ4v) is 3.26. The van der Waals surface area contributed by atoms with Crippen molar-refractivity contribution < 1.29 is 9.32 Å². The van der Waals surface area contributed by atoms with Gasteiger partial charge in [0.25, 0.3) is 0 Å². The molecule has 2 amide bonds. The predicted octanol–water partition coefficient (Wildman–Crippen LogP) is 3.99. The van der Waals surface area contributed by atoms with Crippen LogP contribution in [0.2, 0.25) is 0 Å². The minimum absolute atomic E-state index is 0. The number of carbonyl (C=O) groups is 1. The monoisotopic (exact) mass is 399 g/mol. The second-order valence-corrected chi connectivity index (χ2v) is 6.50. The Morgan fingerprint density at radius 1 is 1.18 bits per heavy atom. The Labute approximate surface area is 169 Å². The molecule has 0 saturated carbocycles. The summed E-state index contributed by atoms with van der Waals surface area (Å²) >= 11 is 0. The predicted molar refractivity (Wildman–Crippen MR) is 109 cm³/mol. The van der Waals surface area contributed by atoms with Gasteiger partial charge in [0, 0.05) is 24.3 Å². The summed E-state index contributed by atoms with van der Waals surface area (Å²) in [5, 5.41) is 7.01. The van der Waals surface area contributed by atoms with Crippen molar-refractivity contribution in [1.29, 1.82) is 0 Å². The van der Waals surface area contributed by atoms with Crippen molar-refractivity contribution in [2.45, 2.75) is 25.4 Å². The van der Waals surface area contributed by atoms with Gasteiger partial charge in [-0.3, -0.25) is 0 Å². The van der Waals surface area contributed by atoms with E-state index in [0.717, 1.165) is 29.7 Å². The van der Waals surface area contributed by atoms with Gasteiger partial charge in [-0.1, -0.05) is 47.6 Å². The first-order valence-electron chi connectivity index (χ1n) is 9.00. The number of para-hydroxylation sites is 1. The van der Waals surface area contributed by atoms with Crippen LogP contribution in [0.1, 0.15) is 30.3 Å². The summed E-state index contributed by atoms with van der Waals surface area (Å²) in [4.78, 5) is 18.9. The molecule has 7 nitrogen and oxygen atoms in total. The second kappa shape index (κ2) is 8.86. The number of aromatic nitrogens is 2. The SMILES string of the molecule is Cl.NCc1ccc(-c2noc(C3CCCN3C(=O)Nc3ccccc3)n2)cc1. The Hall–Kier alpha value is -2.90. The first-order valence-corrected chi connectivity index (χ1v) is 9.00. The molecule has 1 unspecified atom stereocenters. The van der Waals surface area contributed by atoms with Crippen LogP contribution >= 0.6 is 12.4 Å². The largest absolute Gasteiger partial charge is 0.337 e. The zero-order valence-electron chi connectivity index (χ0n) is 15.2. The van der Waals surface area contributed by atoms with E-state index in [1.807, 2.05) is 54.6 Å². The molecule has 0 bridgehead atoms. The van der Waals surface area contributed by atoms with Gasteiger partial charge in [0.2, 0.25) is 11.7 Å². The van der Waals surface area contributed by atoms with Crippen LogP contribution in [-0.2, 0) is 6.54 Å². The van der Waals surface area contributed by atoms with Gasteiger partial charge in [-0.2, -0.15) is 4.98 Å². The smallest absolute Gasteiger partial charge is 0.322 e. The van der Waals surface area contributed by atoms with Gasteiger partial charge in [-0.05, 0) is 30.5 Å². The van der Waals surface area contributed by atoms with Crippen LogP contribution in [0.15, 0.2) is 59.1 Å². The van der Waals surface area contributed by atoms with E-state index in [1.165, 1.54) is 0 Å². The number of rotatable bonds is 4. The Morgan fingerprint density at radius 3 is 2.64 bits per heavy atom. The topological polar surface area (TPSA) is 97.3 Å². The molecule has 1 saturated heterocycles. The van der Waals surface area contributed by atoms with Crippen molar-refractivity contribution in [3.05, 3.63) is 66.1 Å². The van der Waals surface area contributed by atoms with E-state index in [9.17, 15) is 4.79 Å². The average Bonchev–Trinajstić information content (AvgIpc) is 3.38. The lowest BCUT2D eigenvalue weighted by Crippen LogP contribution is -2.34. The number of benzene rings is 2. The first-order chi connectivity index (χ1) is 13.2. The van der Waals surface area contributed by atoms with Crippen molar-refractivity contribution in [2.75, 3.05) is 11.9 Å². The number of nitrogens with zero attached hydrogens (tertiary/aromatic N) is 3. The Bertz CT molecular complexity index is 914. The summed E-state index contributed by atoms with van der Waals surface area (Å²) in [5.74, 6) is 0.984. The molecule has 8 heteroatoms. The van der Waals surface area contributed by atoms with E-state index >= 15 is 0 Å². The Morgan fingerprint density at radius 2 is 1.93 bits per heavy atom. The fourth-order valence-electron chi connectivity index (χ4n) is 3.26. The van der Waals surface area contributed by atoms with E-state index in [1.54, 1.807) is 4.90 Å². The third kappa shape index (κ3) is 4.16. The zero-order valence-corrected chi connectivity index (χ0v) is 16.1. The normalized spacial score (nSPS) is 15.9. The molecule has 2 heterocycles. The number of anilines is 1. The lowest BCUT2D eigenvalue weighted by molar-refractivity contribution is 0.193. The molecule has 4 rings (SSSR count). The van der Waals surface area contributed by atoms with Crippen molar-refractivity contribution in [2.24, 2.45) is 5.73 Å². The van der Waals surface area contributed by atoms with Crippen LogP contribution in [0.4, 0.5) is 10.5 Å². The van der Waals surface area contributed by atoms with Gasteiger partial charge in [0.15, 0.2) is 0 Å². The molecule has 3 N–H and O–H groups in total. The number of carbonyl (C=O) groups excluding carboxylic acids is 1. The molecule has 1 aliphatic heterocycles. The number of amides is 2. The molecule has 3 aromatic rings. The van der Waals surface area contributed by atoms with Crippen molar-refractivity contribution >= 4 is 24.1 Å². The number of hydrogen-bond acceptors (Lipinski definition) is 5. The van der Waals surface area contributed by atoms with Gasteiger partial charge in [0.1, 0.15) is 6.04 Å². The molecule has 28 heavy (non-hydrogen) atoms. The maximum Gasteiger partial charge on any atom is 0.322 e. The third-order valence-electron chi connectivity index (χ3n) is 4.71. The number of nitrogens with two attached hydrogens (primary N) is 1. The highest BCUT2D eigenvalue weighted by Crippen LogP contribution is 2.32. The molecule has 0 aliphatic carbocycles. The van der Waals surface area contributed by atoms with Crippen molar-refractivity contribution in [3.8, 4) is 11.4 Å². The maximum absolute atomic E-state index is 12.7. The van der Waals surface area contributed by atoms with Crippen molar-refractivity contribution in [1.82, 2.24) is 15.0 Å². The standard InChI is InChI=1S/C20H21N5O2.ClH/c21-13-14-8-10-15(11-9-14)18-23-19(27-24-18)17-7-4-12-25(17)20(26)22-16-5-2-1-3-6-16;/h1-3,5-6,8-11,17H,4,7,12-13,21H2,(H,22,26);1H. The first kappa shape index (κ1) is 19.9. The quantitative estimate of drug-likeness (QED) is 0.691. The molecule has 1 aromatic heterocycles. The minimum Gasteiger partial charge on any atom is -0.337 e. The van der Waals surface area contributed by atoms with Crippen molar-refractivity contribution in [3.63, 3.8) is 0 Å². The van der Waals surface area contributed by atoms with Crippen LogP contribution in [0.5, 0.6) is 0 Å². The highest BCUT2D eigenvalue weighted by molar-refractivity contribution is 5.89. The Kier molecular flexibility index (Phi) is 6.28. The van der Waals surface area contributed by atoms with E-state index in [4.69, 9.17) is 10.3 Å². The summed E-state index contributed by atoms with van der Waals surface area (Å²) < 4.78 is 5.48. The van der Waals surface area contributed by atoms with Gasteiger partial charge < -0.3 is 20.5 Å². The molecule has 1 aliphatic rings. The minimum atomic E-state index is -0.210. The lowest BCUT2D eigenvalue weighted by atomic mass is 10.1. The fraction of sp³-hybridized carbons (Fsp3) is 0.250. The van der Waals surface area contributed by atoms with Gasteiger partial charge >= 0.3 is 6.03 Å². The van der Waals surface area contributed by atoms with E-state index in [0.29, 0.717) is 24.8 Å². The van der Waals surface area contributed by atoms with Gasteiger partial charge in [-0.25, -0.2) is 4.79 Å². The molecule has 0 radical (unpaired) electrons. The summed E-state index contributed by atoms with van der Waals surface area (Å²) in [5.41, 5.74) is 8.30. The summed E-state index contributed by atoms with van der Waals surface area (Å²) in [6, 6.07) is 16.8. The molecule has 2 aromatic carbocycles. The molecule has 1 fully saturated rings. The van der Waals surface area contributed by atoms with E-state index < -0.39 is 0 Å². The molecular weight excluding hydrogens is 378 g/mol. The van der Waals surface area contributed by atoms with Crippen LogP contribution in [-0.4, -0.2) is 27.6 Å². The summed E-state index contributed by atoms with van der Waals surface area (Å²) in [6.45, 7) is 1.15. The van der Waals surface area contributed by atoms with Crippen LogP contribution in [0.3, 0.4) is 0 Å². The maximum atomic E-state index is 12.7. The summed E-state index contributed by atoms with van der Waals surface area (Å²) in [7, 11) is 0. The zero-order chi connectivity index (χ0) is 18.6. The number of urea groups is 1. The highest BCUT2D eigenvalue weighted by atomic mass is 35.5. The molecule has 0 spiro atoms.